The molecule has 0 unspecified atom stereocenters. The van der Waals surface area contributed by atoms with E-state index in [0.717, 1.165) is 12.8 Å². The number of hydrogen-bond acceptors (Lipinski definition) is 4. The van der Waals surface area contributed by atoms with E-state index < -0.39 is 0 Å². The molecular formula is C19H18N2O4. The third kappa shape index (κ3) is 3.03. The maximum absolute atomic E-state index is 12.7. The van der Waals surface area contributed by atoms with E-state index in [2.05, 4.69) is 5.32 Å². The second kappa shape index (κ2) is 6.12. The predicted molar refractivity (Wildman–Crippen MR) is 93.1 cm³/mol. The zero-order chi connectivity index (χ0) is 17.4. The van der Waals surface area contributed by atoms with Gasteiger partial charge in [0.2, 0.25) is 12.7 Å². The molecule has 1 aliphatic carbocycles. The summed E-state index contributed by atoms with van der Waals surface area (Å²) in [5, 5.41) is 2.85. The van der Waals surface area contributed by atoms with Crippen LogP contribution in [0.4, 0.5) is 11.4 Å². The summed E-state index contributed by atoms with van der Waals surface area (Å²) in [6.45, 7) is 0.184. The Balaban J connectivity index is 1.57. The van der Waals surface area contributed by atoms with Gasteiger partial charge in [0.15, 0.2) is 11.5 Å². The molecule has 0 aromatic heterocycles. The van der Waals surface area contributed by atoms with Gasteiger partial charge in [-0.3, -0.25) is 9.59 Å². The van der Waals surface area contributed by atoms with Crippen molar-refractivity contribution >= 4 is 23.2 Å². The van der Waals surface area contributed by atoms with E-state index in [4.69, 9.17) is 9.47 Å². The molecule has 1 N–H and O–H groups in total. The van der Waals surface area contributed by atoms with Crippen molar-refractivity contribution in [2.75, 3.05) is 24.1 Å². The molecule has 0 saturated heterocycles. The molecule has 2 aromatic rings. The highest BCUT2D eigenvalue weighted by atomic mass is 16.7. The van der Waals surface area contributed by atoms with E-state index in [0.29, 0.717) is 28.4 Å². The Labute approximate surface area is 145 Å². The Bertz CT molecular complexity index is 845. The predicted octanol–water partition coefficient (Wildman–Crippen LogP) is 3.04. The van der Waals surface area contributed by atoms with E-state index in [-0.39, 0.29) is 24.5 Å². The molecule has 1 saturated carbocycles. The number of carbonyl (C=O) groups is 2. The van der Waals surface area contributed by atoms with E-state index in [1.807, 2.05) is 6.07 Å². The lowest BCUT2D eigenvalue weighted by atomic mass is 10.1. The van der Waals surface area contributed by atoms with Crippen molar-refractivity contribution in [1.82, 2.24) is 0 Å². The largest absolute Gasteiger partial charge is 0.454 e. The Morgan fingerprint density at radius 1 is 1.08 bits per heavy atom. The highest BCUT2D eigenvalue weighted by Crippen LogP contribution is 2.35. The summed E-state index contributed by atoms with van der Waals surface area (Å²) in [5.41, 5.74) is 1.68. The summed E-state index contributed by atoms with van der Waals surface area (Å²) in [4.78, 5) is 26.6. The van der Waals surface area contributed by atoms with E-state index in [9.17, 15) is 9.59 Å². The number of nitrogens with one attached hydrogen (secondary N) is 1. The van der Waals surface area contributed by atoms with E-state index in [1.165, 1.54) is 0 Å². The second-order valence-electron chi connectivity index (χ2n) is 6.21. The van der Waals surface area contributed by atoms with Gasteiger partial charge in [0.1, 0.15) is 0 Å². The number of carbonyl (C=O) groups excluding carboxylic acids is 2. The summed E-state index contributed by atoms with van der Waals surface area (Å²) in [6, 6.07) is 12.3. The van der Waals surface area contributed by atoms with Gasteiger partial charge in [-0.15, -0.1) is 0 Å². The number of fused-ring (bicyclic) bond motifs is 1. The first-order valence-electron chi connectivity index (χ1n) is 8.21. The Morgan fingerprint density at radius 3 is 2.64 bits per heavy atom. The van der Waals surface area contributed by atoms with Crippen molar-refractivity contribution in [1.29, 1.82) is 0 Å². The molecule has 1 heterocycles. The Morgan fingerprint density at radius 2 is 1.84 bits per heavy atom. The van der Waals surface area contributed by atoms with Gasteiger partial charge in [-0.2, -0.15) is 0 Å². The minimum atomic E-state index is -0.273. The molecule has 4 rings (SSSR count). The van der Waals surface area contributed by atoms with Gasteiger partial charge in [-0.1, -0.05) is 12.1 Å². The van der Waals surface area contributed by atoms with Crippen molar-refractivity contribution in [3.8, 4) is 11.5 Å². The summed E-state index contributed by atoms with van der Waals surface area (Å²) in [5.74, 6) is 1.14. The van der Waals surface area contributed by atoms with Gasteiger partial charge in [-0.05, 0) is 37.1 Å². The topological polar surface area (TPSA) is 67.9 Å². The summed E-state index contributed by atoms with van der Waals surface area (Å²) in [6.07, 6.45) is 1.85. The average molecular weight is 338 g/mol. The van der Waals surface area contributed by atoms with Crippen LogP contribution in [0.3, 0.4) is 0 Å². The number of amides is 2. The molecule has 6 heteroatoms. The molecule has 2 aromatic carbocycles. The van der Waals surface area contributed by atoms with Gasteiger partial charge in [0.25, 0.3) is 5.91 Å². The molecule has 0 atom stereocenters. The van der Waals surface area contributed by atoms with E-state index >= 15 is 0 Å². The van der Waals surface area contributed by atoms with Crippen LogP contribution in [0, 0.1) is 5.92 Å². The lowest BCUT2D eigenvalue weighted by molar-refractivity contribution is -0.119. The van der Waals surface area contributed by atoms with Gasteiger partial charge < -0.3 is 19.7 Å². The smallest absolute Gasteiger partial charge is 0.257 e. The molecule has 2 aliphatic rings. The zero-order valence-electron chi connectivity index (χ0n) is 13.8. The molecule has 2 amide bonds. The van der Waals surface area contributed by atoms with Crippen LogP contribution < -0.4 is 19.7 Å². The molecule has 128 valence electrons. The lowest BCUT2D eigenvalue weighted by Crippen LogP contribution is -2.29. The number of ether oxygens (including phenoxy) is 2. The van der Waals surface area contributed by atoms with Crippen LogP contribution >= 0.6 is 0 Å². The monoisotopic (exact) mass is 338 g/mol. The van der Waals surface area contributed by atoms with Crippen LogP contribution in [0.15, 0.2) is 42.5 Å². The van der Waals surface area contributed by atoms with Gasteiger partial charge in [-0.25, -0.2) is 0 Å². The highest BCUT2D eigenvalue weighted by Gasteiger charge is 2.33. The van der Waals surface area contributed by atoms with Crippen molar-refractivity contribution in [3.05, 3.63) is 48.0 Å². The van der Waals surface area contributed by atoms with Crippen molar-refractivity contribution in [3.63, 3.8) is 0 Å². The lowest BCUT2D eigenvalue weighted by Gasteiger charge is -2.20. The van der Waals surface area contributed by atoms with Gasteiger partial charge in [0, 0.05) is 24.7 Å². The standard InChI is InChI=1S/C19H18N2O4/c1-21(19(23)12-6-7-12)15-5-3-2-4-14(15)18(22)20-13-8-9-16-17(10-13)25-11-24-16/h2-5,8-10,12H,6-7,11H2,1H3,(H,20,22). The first-order chi connectivity index (χ1) is 12.1. The molecular weight excluding hydrogens is 320 g/mol. The van der Waals surface area contributed by atoms with Crippen LogP contribution in [-0.4, -0.2) is 25.7 Å². The fourth-order valence-corrected chi connectivity index (χ4v) is 2.85. The first-order valence-corrected chi connectivity index (χ1v) is 8.21. The number of hydrogen-bond donors (Lipinski definition) is 1. The van der Waals surface area contributed by atoms with Crippen LogP contribution in [-0.2, 0) is 4.79 Å². The van der Waals surface area contributed by atoms with Crippen LogP contribution in [0.2, 0.25) is 0 Å². The average Bonchev–Trinajstić information content (AvgIpc) is 3.38. The molecule has 0 spiro atoms. The fourth-order valence-electron chi connectivity index (χ4n) is 2.85. The van der Waals surface area contributed by atoms with E-state index in [1.54, 1.807) is 48.3 Å². The molecule has 25 heavy (non-hydrogen) atoms. The minimum Gasteiger partial charge on any atom is -0.454 e. The molecule has 1 fully saturated rings. The maximum atomic E-state index is 12.7. The quantitative estimate of drug-likeness (QED) is 0.930. The van der Waals surface area contributed by atoms with Crippen molar-refractivity contribution in [2.45, 2.75) is 12.8 Å². The van der Waals surface area contributed by atoms with Gasteiger partial charge in [0.05, 0.1) is 11.3 Å². The second-order valence-corrected chi connectivity index (χ2v) is 6.21. The van der Waals surface area contributed by atoms with Gasteiger partial charge >= 0.3 is 0 Å². The normalized spacial score (nSPS) is 14.9. The third-order valence-electron chi connectivity index (χ3n) is 4.40. The maximum Gasteiger partial charge on any atom is 0.257 e. The third-order valence-corrected chi connectivity index (χ3v) is 4.40. The Hall–Kier alpha value is -3.02. The molecule has 0 bridgehead atoms. The first kappa shape index (κ1) is 15.5. The number of anilines is 2. The highest BCUT2D eigenvalue weighted by molar-refractivity contribution is 6.11. The van der Waals surface area contributed by atoms with Crippen LogP contribution in [0.25, 0.3) is 0 Å². The number of para-hydroxylation sites is 1. The summed E-state index contributed by atoms with van der Waals surface area (Å²) in [7, 11) is 1.72. The minimum absolute atomic E-state index is 0.0586. The molecule has 6 nitrogen and oxygen atoms in total. The zero-order valence-corrected chi connectivity index (χ0v) is 13.8. The number of rotatable bonds is 4. The SMILES string of the molecule is CN(C(=O)C1CC1)c1ccccc1C(=O)Nc1ccc2c(c1)OCO2. The van der Waals surface area contributed by atoms with Crippen molar-refractivity contribution < 1.29 is 19.1 Å². The Kier molecular flexibility index (Phi) is 3.80. The van der Waals surface area contributed by atoms with Crippen LogP contribution in [0.1, 0.15) is 23.2 Å². The summed E-state index contributed by atoms with van der Waals surface area (Å²) < 4.78 is 10.6. The number of nitrogens with zero attached hydrogens (tertiary/aromatic N) is 1. The fraction of sp³-hybridized carbons (Fsp3) is 0.263. The van der Waals surface area contributed by atoms with Crippen LogP contribution in [0.5, 0.6) is 11.5 Å². The van der Waals surface area contributed by atoms with Crippen molar-refractivity contribution in [2.24, 2.45) is 5.92 Å². The molecule has 1 aliphatic heterocycles. The summed E-state index contributed by atoms with van der Waals surface area (Å²) >= 11 is 0. The number of benzene rings is 2. The molecule has 0 radical (unpaired) electrons.